The molecule has 180 valence electrons. The summed E-state index contributed by atoms with van der Waals surface area (Å²) in [5.74, 6) is -0.219. The Morgan fingerprint density at radius 3 is 2.45 bits per heavy atom. The van der Waals surface area contributed by atoms with Crippen LogP contribution in [0.1, 0.15) is 10.4 Å². The van der Waals surface area contributed by atoms with Gasteiger partial charge in [0.25, 0.3) is 11.8 Å². The Kier molecular flexibility index (Phi) is 10.7. The quantitative estimate of drug-likeness (QED) is 0.188. The van der Waals surface area contributed by atoms with Crippen LogP contribution in [0.5, 0.6) is 23.0 Å². The smallest absolute Gasteiger partial charge is 0.258 e. The number of amides is 2. The number of aromatic hydroxyl groups is 1. The summed E-state index contributed by atoms with van der Waals surface area (Å²) in [4.78, 5) is 22.8. The molecule has 1 unspecified atom stereocenters. The number of nitrogens with two attached hydrogens (primary N) is 1. The van der Waals surface area contributed by atoms with Crippen LogP contribution in [0.15, 0.2) is 42.5 Å². The molecular weight excluding hydrogens is 434 g/mol. The molecule has 0 aliphatic rings. The number of carbonyl (C=O) groups is 2. The fourth-order valence-corrected chi connectivity index (χ4v) is 2.64. The SMILES string of the molecule is NC(=O)c1cc(OCCNCC(O)COc2ccccc2OCC(=O)NCCO)ccc1O. The summed E-state index contributed by atoms with van der Waals surface area (Å²) in [5.41, 5.74) is 5.16. The molecule has 0 heterocycles. The van der Waals surface area contributed by atoms with Crippen LogP contribution in [0.3, 0.4) is 0 Å². The molecule has 33 heavy (non-hydrogen) atoms. The van der Waals surface area contributed by atoms with Gasteiger partial charge in [-0.3, -0.25) is 9.59 Å². The van der Waals surface area contributed by atoms with Gasteiger partial charge >= 0.3 is 0 Å². The summed E-state index contributed by atoms with van der Waals surface area (Å²) >= 11 is 0. The summed E-state index contributed by atoms with van der Waals surface area (Å²) in [6.45, 7) is 0.651. The van der Waals surface area contributed by atoms with Gasteiger partial charge in [-0.2, -0.15) is 0 Å². The molecule has 0 aliphatic heterocycles. The first-order chi connectivity index (χ1) is 15.9. The molecule has 0 aliphatic carbocycles. The predicted molar refractivity (Wildman–Crippen MR) is 119 cm³/mol. The van der Waals surface area contributed by atoms with E-state index in [1.807, 2.05) is 0 Å². The molecule has 0 fully saturated rings. The number of hydrogen-bond acceptors (Lipinski definition) is 9. The molecule has 2 rings (SSSR count). The molecule has 7 N–H and O–H groups in total. The van der Waals surface area contributed by atoms with Gasteiger partial charge in [0, 0.05) is 19.6 Å². The summed E-state index contributed by atoms with van der Waals surface area (Å²) < 4.78 is 16.5. The molecule has 0 saturated carbocycles. The van der Waals surface area contributed by atoms with Crippen molar-refractivity contribution in [3.8, 4) is 23.0 Å². The lowest BCUT2D eigenvalue weighted by atomic mass is 10.2. The van der Waals surface area contributed by atoms with Crippen molar-refractivity contribution in [3.05, 3.63) is 48.0 Å². The molecule has 2 aromatic carbocycles. The fourth-order valence-electron chi connectivity index (χ4n) is 2.64. The van der Waals surface area contributed by atoms with Gasteiger partial charge in [0.15, 0.2) is 18.1 Å². The van der Waals surface area contributed by atoms with Crippen molar-refractivity contribution in [3.63, 3.8) is 0 Å². The van der Waals surface area contributed by atoms with E-state index in [1.54, 1.807) is 24.3 Å². The number of carbonyl (C=O) groups excluding carboxylic acids is 2. The van der Waals surface area contributed by atoms with Gasteiger partial charge in [-0.05, 0) is 30.3 Å². The molecule has 0 aromatic heterocycles. The second-order valence-electron chi connectivity index (χ2n) is 6.87. The molecule has 0 spiro atoms. The summed E-state index contributed by atoms with van der Waals surface area (Å²) in [7, 11) is 0. The maximum absolute atomic E-state index is 11.6. The lowest BCUT2D eigenvalue weighted by Crippen LogP contribution is -2.33. The maximum Gasteiger partial charge on any atom is 0.258 e. The van der Waals surface area contributed by atoms with Crippen molar-refractivity contribution in [2.24, 2.45) is 5.73 Å². The van der Waals surface area contributed by atoms with E-state index in [1.165, 1.54) is 18.2 Å². The zero-order valence-corrected chi connectivity index (χ0v) is 18.0. The number of hydrogen-bond donors (Lipinski definition) is 6. The maximum atomic E-state index is 11.6. The molecule has 2 aromatic rings. The highest BCUT2D eigenvalue weighted by Gasteiger charge is 2.11. The van der Waals surface area contributed by atoms with Crippen molar-refractivity contribution < 1.29 is 39.1 Å². The van der Waals surface area contributed by atoms with Crippen LogP contribution in [0.4, 0.5) is 0 Å². The van der Waals surface area contributed by atoms with Crippen molar-refractivity contribution in [2.75, 3.05) is 46.1 Å². The average Bonchev–Trinajstić information content (AvgIpc) is 2.81. The van der Waals surface area contributed by atoms with E-state index >= 15 is 0 Å². The minimum Gasteiger partial charge on any atom is -0.507 e. The van der Waals surface area contributed by atoms with Gasteiger partial charge in [0.2, 0.25) is 0 Å². The fraction of sp³-hybridized carbons (Fsp3) is 0.364. The van der Waals surface area contributed by atoms with Crippen LogP contribution in [-0.2, 0) is 4.79 Å². The van der Waals surface area contributed by atoms with E-state index < -0.39 is 12.0 Å². The number of rotatable bonds is 15. The Hall–Kier alpha value is -3.54. The number of nitrogens with one attached hydrogen (secondary N) is 2. The predicted octanol–water partition coefficient (Wildman–Crippen LogP) is -0.613. The highest BCUT2D eigenvalue weighted by atomic mass is 16.5. The molecule has 2 amide bonds. The van der Waals surface area contributed by atoms with E-state index in [0.29, 0.717) is 23.8 Å². The molecule has 1 atom stereocenters. The van der Waals surface area contributed by atoms with Gasteiger partial charge < -0.3 is 45.9 Å². The highest BCUT2D eigenvalue weighted by Crippen LogP contribution is 2.26. The number of aliphatic hydroxyl groups is 2. The molecule has 11 nitrogen and oxygen atoms in total. The van der Waals surface area contributed by atoms with Gasteiger partial charge in [0.05, 0.1) is 12.2 Å². The van der Waals surface area contributed by atoms with Gasteiger partial charge in [-0.15, -0.1) is 0 Å². The zero-order chi connectivity index (χ0) is 24.1. The number of aliphatic hydroxyl groups excluding tert-OH is 2. The Morgan fingerprint density at radius 1 is 1.03 bits per heavy atom. The standard InChI is InChI=1S/C22H29N3O8/c23-22(30)17-11-16(5-6-18(17)28)31-10-8-24-12-15(27)13-32-19-3-1-2-4-20(19)33-14-21(29)25-7-9-26/h1-6,11,15,24,26-28H,7-10,12-14H2,(H2,23,30)(H,25,29). The van der Waals surface area contributed by atoms with Crippen molar-refractivity contribution in [1.29, 1.82) is 0 Å². The zero-order valence-electron chi connectivity index (χ0n) is 18.0. The number of benzene rings is 2. The second-order valence-corrected chi connectivity index (χ2v) is 6.87. The first kappa shape index (κ1) is 25.7. The van der Waals surface area contributed by atoms with Crippen LogP contribution >= 0.6 is 0 Å². The minimum absolute atomic E-state index is 0.00905. The Morgan fingerprint density at radius 2 is 1.76 bits per heavy atom. The highest BCUT2D eigenvalue weighted by molar-refractivity contribution is 5.95. The number of phenols is 1. The van der Waals surface area contributed by atoms with Gasteiger partial charge in [0.1, 0.15) is 30.8 Å². The summed E-state index contributed by atoms with van der Waals surface area (Å²) in [5, 5.41) is 33.9. The van der Waals surface area contributed by atoms with Crippen molar-refractivity contribution in [2.45, 2.75) is 6.10 Å². The van der Waals surface area contributed by atoms with Gasteiger partial charge in [-0.25, -0.2) is 0 Å². The largest absolute Gasteiger partial charge is 0.507 e. The van der Waals surface area contributed by atoms with Crippen molar-refractivity contribution >= 4 is 11.8 Å². The third-order valence-corrected chi connectivity index (χ3v) is 4.23. The van der Waals surface area contributed by atoms with Crippen molar-refractivity contribution in [1.82, 2.24) is 10.6 Å². The number of primary amides is 1. The lowest BCUT2D eigenvalue weighted by Gasteiger charge is -2.16. The summed E-state index contributed by atoms with van der Waals surface area (Å²) in [6, 6.07) is 11.0. The minimum atomic E-state index is -0.818. The third kappa shape index (κ3) is 9.23. The van der Waals surface area contributed by atoms with E-state index in [9.17, 15) is 19.8 Å². The topological polar surface area (TPSA) is 173 Å². The molecular formula is C22H29N3O8. The third-order valence-electron chi connectivity index (χ3n) is 4.23. The monoisotopic (exact) mass is 463 g/mol. The van der Waals surface area contributed by atoms with Crippen LogP contribution in [0.2, 0.25) is 0 Å². The number of ether oxygens (including phenoxy) is 3. The lowest BCUT2D eigenvalue weighted by molar-refractivity contribution is -0.123. The first-order valence-corrected chi connectivity index (χ1v) is 10.3. The van der Waals surface area contributed by atoms with Crippen LogP contribution in [-0.4, -0.2) is 79.3 Å². The van der Waals surface area contributed by atoms with E-state index in [-0.39, 0.29) is 56.7 Å². The molecule has 0 radical (unpaired) electrons. The Labute approximate surface area is 191 Å². The number of para-hydroxylation sites is 2. The van der Waals surface area contributed by atoms with E-state index in [4.69, 9.17) is 25.1 Å². The molecule has 11 heteroatoms. The Bertz CT molecular complexity index is 909. The van der Waals surface area contributed by atoms with Crippen LogP contribution in [0, 0.1) is 0 Å². The normalized spacial score (nSPS) is 11.5. The second kappa shape index (κ2) is 13.8. The Balaban J connectivity index is 1.68. The van der Waals surface area contributed by atoms with Crippen LogP contribution in [0.25, 0.3) is 0 Å². The average molecular weight is 463 g/mol. The van der Waals surface area contributed by atoms with E-state index in [2.05, 4.69) is 10.6 Å². The van der Waals surface area contributed by atoms with Crippen LogP contribution < -0.4 is 30.6 Å². The molecule has 0 bridgehead atoms. The first-order valence-electron chi connectivity index (χ1n) is 10.3. The van der Waals surface area contributed by atoms with Gasteiger partial charge in [-0.1, -0.05) is 12.1 Å². The molecule has 0 saturated heterocycles. The van der Waals surface area contributed by atoms with E-state index in [0.717, 1.165) is 0 Å². The summed E-state index contributed by atoms with van der Waals surface area (Å²) in [6.07, 6.45) is -0.818.